The highest BCUT2D eigenvalue weighted by Crippen LogP contribution is 2.07. The van der Waals surface area contributed by atoms with Crippen molar-refractivity contribution in [3.63, 3.8) is 0 Å². The molecule has 0 aliphatic heterocycles. The minimum atomic E-state index is -0.815. The Morgan fingerprint density at radius 3 is 2.35 bits per heavy atom. The third-order valence-electron chi connectivity index (χ3n) is 2.47. The van der Waals surface area contributed by atoms with Crippen LogP contribution in [0.15, 0.2) is 24.3 Å². The summed E-state index contributed by atoms with van der Waals surface area (Å²) in [7, 11) is 0. The summed E-state index contributed by atoms with van der Waals surface area (Å²) in [4.78, 5) is 10.5. The van der Waals surface area contributed by atoms with Crippen molar-refractivity contribution < 1.29 is 9.90 Å². The first-order chi connectivity index (χ1) is 7.93. The molecular weight excluding hydrogens is 214 g/mol. The van der Waals surface area contributed by atoms with Gasteiger partial charge in [0.15, 0.2) is 0 Å². The Balaban J connectivity index is 2.58. The molecule has 0 heterocycles. The normalized spacial score (nSPS) is 10.9. The van der Waals surface area contributed by atoms with Crippen LogP contribution in [0, 0.1) is 12.3 Å². The van der Waals surface area contributed by atoms with Crippen LogP contribution in [0.2, 0.25) is 0 Å². The molecule has 3 heteroatoms. The highest BCUT2D eigenvalue weighted by molar-refractivity contribution is 5.70. The Labute approximate surface area is 102 Å². The lowest BCUT2D eigenvalue weighted by Crippen LogP contribution is -2.36. The standard InChI is InChI=1S/C14H17NO2/c1-4-14(2,3)15-10-12-7-5-11(6-8-12)9-13(16)17/h1,5-8,15H,9-10H2,2-3H3,(H,16,17). The lowest BCUT2D eigenvalue weighted by atomic mass is 10.1. The van der Waals surface area contributed by atoms with E-state index >= 15 is 0 Å². The van der Waals surface area contributed by atoms with Crippen LogP contribution in [0.25, 0.3) is 0 Å². The molecule has 17 heavy (non-hydrogen) atoms. The quantitative estimate of drug-likeness (QED) is 0.760. The van der Waals surface area contributed by atoms with E-state index in [2.05, 4.69) is 11.2 Å². The number of hydrogen-bond acceptors (Lipinski definition) is 2. The van der Waals surface area contributed by atoms with Crippen molar-refractivity contribution >= 4 is 5.97 Å². The van der Waals surface area contributed by atoms with Gasteiger partial charge >= 0.3 is 5.97 Å². The lowest BCUT2D eigenvalue weighted by Gasteiger charge is -2.19. The van der Waals surface area contributed by atoms with Crippen LogP contribution in [0.5, 0.6) is 0 Å². The molecule has 0 aliphatic rings. The van der Waals surface area contributed by atoms with Gasteiger partial charge in [0.2, 0.25) is 0 Å². The monoisotopic (exact) mass is 231 g/mol. The molecule has 0 spiro atoms. The predicted molar refractivity (Wildman–Crippen MR) is 67.5 cm³/mol. The number of aliphatic carboxylic acids is 1. The van der Waals surface area contributed by atoms with E-state index in [1.165, 1.54) is 0 Å². The smallest absolute Gasteiger partial charge is 0.307 e. The van der Waals surface area contributed by atoms with Gasteiger partial charge in [0.1, 0.15) is 0 Å². The molecular formula is C14H17NO2. The zero-order valence-corrected chi connectivity index (χ0v) is 10.2. The summed E-state index contributed by atoms with van der Waals surface area (Å²) in [5, 5.41) is 11.9. The third kappa shape index (κ3) is 4.71. The van der Waals surface area contributed by atoms with Crippen molar-refractivity contribution in [3.05, 3.63) is 35.4 Å². The number of rotatable bonds is 5. The van der Waals surface area contributed by atoms with Gasteiger partial charge in [-0.25, -0.2) is 0 Å². The number of benzene rings is 1. The number of carboxylic acids is 1. The van der Waals surface area contributed by atoms with E-state index < -0.39 is 5.97 Å². The zero-order valence-electron chi connectivity index (χ0n) is 10.2. The van der Waals surface area contributed by atoms with Gasteiger partial charge in [0.05, 0.1) is 12.0 Å². The summed E-state index contributed by atoms with van der Waals surface area (Å²) in [5.41, 5.74) is 1.56. The fourth-order valence-corrected chi connectivity index (χ4v) is 1.32. The molecule has 1 aromatic rings. The first-order valence-corrected chi connectivity index (χ1v) is 5.45. The van der Waals surface area contributed by atoms with E-state index in [4.69, 9.17) is 11.5 Å². The SMILES string of the molecule is C#CC(C)(C)NCc1ccc(CC(=O)O)cc1. The number of nitrogens with one attached hydrogen (secondary N) is 1. The molecule has 0 amide bonds. The van der Waals surface area contributed by atoms with Crippen LogP contribution in [0.4, 0.5) is 0 Å². The molecule has 0 bridgehead atoms. The molecule has 0 saturated carbocycles. The van der Waals surface area contributed by atoms with Gasteiger partial charge < -0.3 is 5.11 Å². The summed E-state index contributed by atoms with van der Waals surface area (Å²) < 4.78 is 0. The Hall–Kier alpha value is -1.79. The fraction of sp³-hybridized carbons (Fsp3) is 0.357. The second-order valence-electron chi connectivity index (χ2n) is 4.51. The van der Waals surface area contributed by atoms with Crippen molar-refractivity contribution in [2.45, 2.75) is 32.4 Å². The van der Waals surface area contributed by atoms with Crippen molar-refractivity contribution in [2.24, 2.45) is 0 Å². The van der Waals surface area contributed by atoms with Crippen LogP contribution < -0.4 is 5.32 Å². The number of terminal acetylenes is 1. The van der Waals surface area contributed by atoms with Gasteiger partial charge in [-0.05, 0) is 25.0 Å². The number of hydrogen-bond donors (Lipinski definition) is 2. The van der Waals surface area contributed by atoms with Crippen molar-refractivity contribution in [3.8, 4) is 12.3 Å². The first-order valence-electron chi connectivity index (χ1n) is 5.45. The van der Waals surface area contributed by atoms with Gasteiger partial charge in [-0.1, -0.05) is 30.2 Å². The second kappa shape index (κ2) is 5.51. The molecule has 3 nitrogen and oxygen atoms in total. The Kier molecular flexibility index (Phi) is 4.30. The fourth-order valence-electron chi connectivity index (χ4n) is 1.32. The van der Waals surface area contributed by atoms with E-state index in [0.29, 0.717) is 6.54 Å². The van der Waals surface area contributed by atoms with Crippen LogP contribution in [0.3, 0.4) is 0 Å². The van der Waals surface area contributed by atoms with E-state index in [1.54, 1.807) is 0 Å². The highest BCUT2D eigenvalue weighted by Gasteiger charge is 2.11. The van der Waals surface area contributed by atoms with Crippen LogP contribution in [-0.4, -0.2) is 16.6 Å². The number of carbonyl (C=O) groups is 1. The molecule has 90 valence electrons. The average molecular weight is 231 g/mol. The molecule has 2 N–H and O–H groups in total. The molecule has 1 rings (SSSR count). The maximum absolute atomic E-state index is 10.5. The van der Waals surface area contributed by atoms with Gasteiger partial charge in [-0.3, -0.25) is 10.1 Å². The second-order valence-corrected chi connectivity index (χ2v) is 4.51. The highest BCUT2D eigenvalue weighted by atomic mass is 16.4. The van der Waals surface area contributed by atoms with Crippen molar-refractivity contribution in [2.75, 3.05) is 0 Å². The largest absolute Gasteiger partial charge is 0.481 e. The first kappa shape index (κ1) is 13.3. The van der Waals surface area contributed by atoms with Crippen LogP contribution in [-0.2, 0) is 17.8 Å². The molecule has 0 radical (unpaired) electrons. The summed E-state index contributed by atoms with van der Waals surface area (Å²) in [5.74, 6) is 1.84. The zero-order chi connectivity index (χ0) is 12.9. The average Bonchev–Trinajstić information content (AvgIpc) is 2.28. The molecule has 0 saturated heterocycles. The Bertz CT molecular complexity index is 427. The molecule has 0 aliphatic carbocycles. The third-order valence-corrected chi connectivity index (χ3v) is 2.47. The topological polar surface area (TPSA) is 49.3 Å². The van der Waals surface area contributed by atoms with Crippen molar-refractivity contribution in [1.82, 2.24) is 5.32 Å². The Morgan fingerprint density at radius 1 is 1.35 bits per heavy atom. The maximum Gasteiger partial charge on any atom is 0.307 e. The van der Waals surface area contributed by atoms with E-state index in [1.807, 2.05) is 38.1 Å². The van der Waals surface area contributed by atoms with Crippen LogP contribution in [0.1, 0.15) is 25.0 Å². The van der Waals surface area contributed by atoms with E-state index in [0.717, 1.165) is 11.1 Å². The van der Waals surface area contributed by atoms with E-state index in [-0.39, 0.29) is 12.0 Å². The summed E-state index contributed by atoms with van der Waals surface area (Å²) in [6.45, 7) is 4.54. The van der Waals surface area contributed by atoms with Gasteiger partial charge in [0, 0.05) is 6.54 Å². The predicted octanol–water partition coefficient (Wildman–Crippen LogP) is 1.82. The number of carboxylic acid groups (broad SMARTS) is 1. The van der Waals surface area contributed by atoms with E-state index in [9.17, 15) is 4.79 Å². The maximum atomic E-state index is 10.5. The molecule has 0 fully saturated rings. The van der Waals surface area contributed by atoms with Gasteiger partial charge in [-0.2, -0.15) is 0 Å². The van der Waals surface area contributed by atoms with Crippen LogP contribution >= 0.6 is 0 Å². The minimum absolute atomic E-state index is 0.0591. The van der Waals surface area contributed by atoms with Gasteiger partial charge in [0.25, 0.3) is 0 Å². The summed E-state index contributed by atoms with van der Waals surface area (Å²) in [6.07, 6.45) is 5.43. The lowest BCUT2D eigenvalue weighted by molar-refractivity contribution is -0.136. The molecule has 1 aromatic carbocycles. The van der Waals surface area contributed by atoms with Crippen molar-refractivity contribution in [1.29, 1.82) is 0 Å². The molecule has 0 aromatic heterocycles. The minimum Gasteiger partial charge on any atom is -0.481 e. The summed E-state index contributed by atoms with van der Waals surface area (Å²) >= 11 is 0. The Morgan fingerprint density at radius 2 is 1.88 bits per heavy atom. The molecule has 0 atom stereocenters. The van der Waals surface area contributed by atoms with Gasteiger partial charge in [-0.15, -0.1) is 6.42 Å². The summed E-state index contributed by atoms with van der Waals surface area (Å²) in [6, 6.07) is 7.48. The molecule has 0 unspecified atom stereocenters.